The first-order valence-corrected chi connectivity index (χ1v) is 9.55. The van der Waals surface area contributed by atoms with Crippen LogP contribution in [0.2, 0.25) is 0 Å². The number of H-pyrrole nitrogens is 1. The second kappa shape index (κ2) is 7.29. The molecule has 11 heteroatoms. The predicted molar refractivity (Wildman–Crippen MR) is 97.6 cm³/mol. The molecule has 1 aliphatic heterocycles. The minimum absolute atomic E-state index is 0.00586. The molecular formula is C18H23F3N4O4. The molecule has 3 aliphatic rings. The molecule has 4 rings (SSSR count). The van der Waals surface area contributed by atoms with E-state index in [9.17, 15) is 23.5 Å². The van der Waals surface area contributed by atoms with Crippen LogP contribution in [0.25, 0.3) is 11.3 Å². The minimum Gasteiger partial charge on any atom is -0.508 e. The van der Waals surface area contributed by atoms with Crippen molar-refractivity contribution in [1.82, 2.24) is 14.5 Å². The molecule has 160 valence electrons. The normalized spacial score (nSPS) is 30.3. The Labute approximate surface area is 163 Å². The van der Waals surface area contributed by atoms with E-state index in [-0.39, 0.29) is 36.2 Å². The summed E-state index contributed by atoms with van der Waals surface area (Å²) < 4.78 is 46.8. The van der Waals surface area contributed by atoms with Crippen molar-refractivity contribution in [2.24, 2.45) is 11.7 Å². The molecule has 0 radical (unpaired) electrons. The van der Waals surface area contributed by atoms with Crippen molar-refractivity contribution in [2.45, 2.75) is 50.7 Å². The van der Waals surface area contributed by atoms with Gasteiger partial charge in [0.1, 0.15) is 11.0 Å². The van der Waals surface area contributed by atoms with Gasteiger partial charge in [0, 0.05) is 25.0 Å². The Balaban J connectivity index is 1.85. The van der Waals surface area contributed by atoms with Gasteiger partial charge in [0.2, 0.25) is 0 Å². The number of aromatic nitrogens is 2. The molecule has 4 unspecified atom stereocenters. The van der Waals surface area contributed by atoms with Gasteiger partial charge in [-0.3, -0.25) is 19.2 Å². The van der Waals surface area contributed by atoms with Crippen molar-refractivity contribution in [3.8, 4) is 0 Å². The van der Waals surface area contributed by atoms with E-state index in [1.807, 2.05) is 0 Å². The zero-order valence-electron chi connectivity index (χ0n) is 15.8. The molecule has 1 saturated heterocycles. The van der Waals surface area contributed by atoms with Crippen LogP contribution in [0.1, 0.15) is 25.8 Å². The SMILES string of the molecule is CC1=c2c(c(=O)[nH]c(=O)n2C2CC2)=C(O)C(F)C1N1CC(CN)C(OC(F)F)C1. The summed E-state index contributed by atoms with van der Waals surface area (Å²) >= 11 is 0. The fourth-order valence-corrected chi connectivity index (χ4v) is 4.57. The Bertz CT molecular complexity index is 1050. The highest BCUT2D eigenvalue weighted by molar-refractivity contribution is 5.60. The van der Waals surface area contributed by atoms with Gasteiger partial charge in [-0.1, -0.05) is 0 Å². The Morgan fingerprint density at radius 2 is 2.00 bits per heavy atom. The summed E-state index contributed by atoms with van der Waals surface area (Å²) in [5.41, 5.74) is 4.62. The van der Waals surface area contributed by atoms with Gasteiger partial charge in [0.25, 0.3) is 5.56 Å². The molecule has 29 heavy (non-hydrogen) atoms. The fraction of sp³-hybridized carbons (Fsp3) is 0.667. The van der Waals surface area contributed by atoms with Crippen LogP contribution in [0.15, 0.2) is 9.59 Å². The maximum absolute atomic E-state index is 15.3. The van der Waals surface area contributed by atoms with E-state index in [2.05, 4.69) is 9.72 Å². The number of alkyl halides is 3. The standard InChI is InChI=1S/C18H23F3N4O4/c1-7-13-11(16(27)23-18(28)25(13)9-2-3-9)15(26)12(19)14(7)24-5-8(4-22)10(6-24)29-17(20)21/h8-10,12,14,17,26H,2-6,22H2,1H3,(H,23,27,28). The molecule has 4 N–H and O–H groups in total. The van der Waals surface area contributed by atoms with Crippen molar-refractivity contribution >= 4 is 11.3 Å². The first kappa shape index (κ1) is 20.2. The average Bonchev–Trinajstić information content (AvgIpc) is 3.40. The summed E-state index contributed by atoms with van der Waals surface area (Å²) in [6.07, 6.45) is -1.36. The van der Waals surface area contributed by atoms with Crippen LogP contribution in [0.3, 0.4) is 0 Å². The minimum atomic E-state index is -2.98. The zero-order chi connectivity index (χ0) is 21.0. The van der Waals surface area contributed by atoms with Gasteiger partial charge in [0.05, 0.1) is 17.5 Å². The third-order valence-electron chi connectivity index (χ3n) is 6.05. The Morgan fingerprint density at radius 1 is 1.31 bits per heavy atom. The van der Waals surface area contributed by atoms with E-state index in [1.54, 1.807) is 11.8 Å². The first-order valence-electron chi connectivity index (χ1n) is 9.55. The van der Waals surface area contributed by atoms with Crippen LogP contribution in [0.4, 0.5) is 13.2 Å². The monoisotopic (exact) mass is 416 g/mol. The average molecular weight is 416 g/mol. The number of hydrogen-bond donors (Lipinski definition) is 3. The van der Waals surface area contributed by atoms with Crippen molar-refractivity contribution in [2.75, 3.05) is 19.6 Å². The van der Waals surface area contributed by atoms with E-state index in [1.165, 1.54) is 4.57 Å². The van der Waals surface area contributed by atoms with Crippen molar-refractivity contribution < 1.29 is 23.0 Å². The summed E-state index contributed by atoms with van der Waals surface area (Å²) in [5.74, 6) is -1.19. The predicted octanol–water partition coefficient (Wildman–Crippen LogP) is -1.07. The second-order valence-electron chi connectivity index (χ2n) is 7.88. The number of likely N-dealkylation sites (tertiary alicyclic amines) is 1. The van der Waals surface area contributed by atoms with Crippen molar-refractivity contribution in [3.05, 3.63) is 31.4 Å². The fourth-order valence-electron chi connectivity index (χ4n) is 4.57. The number of nitrogens with zero attached hydrogens (tertiary/aromatic N) is 2. The maximum atomic E-state index is 15.3. The lowest BCUT2D eigenvalue weighted by Gasteiger charge is -2.33. The van der Waals surface area contributed by atoms with Crippen LogP contribution in [-0.2, 0) is 4.74 Å². The van der Waals surface area contributed by atoms with Gasteiger partial charge in [-0.05, 0) is 31.9 Å². The molecule has 1 aromatic heterocycles. The molecule has 2 heterocycles. The third-order valence-corrected chi connectivity index (χ3v) is 6.05. The number of aromatic amines is 1. The number of ether oxygens (including phenoxy) is 1. The third kappa shape index (κ3) is 3.30. The maximum Gasteiger partial charge on any atom is 0.345 e. The number of fused-ring (bicyclic) bond motifs is 1. The Morgan fingerprint density at radius 3 is 2.59 bits per heavy atom. The van der Waals surface area contributed by atoms with E-state index < -0.39 is 47.9 Å². The summed E-state index contributed by atoms with van der Waals surface area (Å²) in [7, 11) is 0. The largest absolute Gasteiger partial charge is 0.508 e. The molecule has 1 aromatic rings. The molecular weight excluding hydrogens is 393 g/mol. The van der Waals surface area contributed by atoms with Crippen LogP contribution >= 0.6 is 0 Å². The highest BCUT2D eigenvalue weighted by Gasteiger charge is 2.44. The molecule has 0 aromatic carbocycles. The zero-order valence-corrected chi connectivity index (χ0v) is 15.8. The van der Waals surface area contributed by atoms with Crippen LogP contribution in [0.5, 0.6) is 0 Å². The number of aliphatic hydroxyl groups is 1. The Kier molecular flexibility index (Phi) is 5.07. The van der Waals surface area contributed by atoms with Crippen molar-refractivity contribution in [1.29, 1.82) is 0 Å². The summed E-state index contributed by atoms with van der Waals surface area (Å²) in [4.78, 5) is 28.5. The van der Waals surface area contributed by atoms with Gasteiger partial charge in [-0.25, -0.2) is 9.18 Å². The number of nitrogens with two attached hydrogens (primary N) is 1. The Hall–Kier alpha value is -2.11. The first-order chi connectivity index (χ1) is 13.7. The molecule has 4 atom stereocenters. The molecule has 0 bridgehead atoms. The quantitative estimate of drug-likeness (QED) is 0.563. The molecule has 0 amide bonds. The summed E-state index contributed by atoms with van der Waals surface area (Å²) in [5, 5.41) is 10.5. The molecule has 1 saturated carbocycles. The highest BCUT2D eigenvalue weighted by atomic mass is 19.3. The summed E-state index contributed by atoms with van der Waals surface area (Å²) in [6.45, 7) is -1.12. The topological polar surface area (TPSA) is 114 Å². The van der Waals surface area contributed by atoms with E-state index in [0.29, 0.717) is 5.57 Å². The molecule has 2 fully saturated rings. The van der Waals surface area contributed by atoms with Crippen LogP contribution in [0, 0.1) is 5.92 Å². The van der Waals surface area contributed by atoms with Gasteiger partial charge >= 0.3 is 12.3 Å². The number of aliphatic hydroxyl groups excluding tert-OH is 1. The lowest BCUT2D eigenvalue weighted by atomic mass is 9.94. The van der Waals surface area contributed by atoms with Gasteiger partial charge < -0.3 is 15.6 Å². The lowest BCUT2D eigenvalue weighted by Crippen LogP contribution is -2.61. The van der Waals surface area contributed by atoms with Gasteiger partial charge in [-0.15, -0.1) is 0 Å². The molecule has 2 aliphatic carbocycles. The van der Waals surface area contributed by atoms with Gasteiger partial charge in [-0.2, -0.15) is 8.78 Å². The summed E-state index contributed by atoms with van der Waals surface area (Å²) in [6, 6.07) is -1.15. The van der Waals surface area contributed by atoms with E-state index in [4.69, 9.17) is 5.73 Å². The van der Waals surface area contributed by atoms with Gasteiger partial charge in [0.15, 0.2) is 6.17 Å². The second-order valence-corrected chi connectivity index (χ2v) is 7.88. The smallest absolute Gasteiger partial charge is 0.345 e. The number of rotatable bonds is 5. The lowest BCUT2D eigenvalue weighted by molar-refractivity contribution is -0.167. The van der Waals surface area contributed by atoms with E-state index >= 15 is 4.39 Å². The number of hydrogen-bond acceptors (Lipinski definition) is 6. The number of halogens is 3. The number of nitrogens with one attached hydrogen (secondary N) is 1. The van der Waals surface area contributed by atoms with E-state index in [0.717, 1.165) is 12.8 Å². The molecule has 0 spiro atoms. The van der Waals surface area contributed by atoms with Crippen molar-refractivity contribution in [3.63, 3.8) is 0 Å². The van der Waals surface area contributed by atoms with Crippen LogP contribution in [-0.4, -0.2) is 64.1 Å². The highest BCUT2D eigenvalue weighted by Crippen LogP contribution is 2.33. The van der Waals surface area contributed by atoms with Crippen LogP contribution < -0.4 is 27.6 Å². The molecule has 8 nitrogen and oxygen atoms in total.